The van der Waals surface area contributed by atoms with Crippen molar-refractivity contribution in [3.05, 3.63) is 22.5 Å². The Hall–Kier alpha value is -2.31. The summed E-state index contributed by atoms with van der Waals surface area (Å²) in [6, 6.07) is 0. The quantitative estimate of drug-likeness (QED) is 0.693. The van der Waals surface area contributed by atoms with Gasteiger partial charge in [0.1, 0.15) is 5.69 Å². The molecule has 164 valence electrons. The number of carbonyl (C=O) groups is 3. The summed E-state index contributed by atoms with van der Waals surface area (Å²) < 4.78 is 10.5. The molecule has 4 saturated carbocycles. The van der Waals surface area contributed by atoms with Crippen LogP contribution in [0.5, 0.6) is 0 Å². The summed E-state index contributed by atoms with van der Waals surface area (Å²) in [5, 5.41) is 3.25. The lowest BCUT2D eigenvalue weighted by atomic mass is 9.53. The number of ether oxygens (including phenoxy) is 2. The van der Waals surface area contributed by atoms with Crippen LogP contribution in [0.1, 0.15) is 84.5 Å². The van der Waals surface area contributed by atoms with E-state index in [0.717, 1.165) is 37.0 Å². The monoisotopic (exact) mass is 416 g/mol. The molecular formula is C23H32N2O5. The highest BCUT2D eigenvalue weighted by Gasteiger charge is 2.51. The second kappa shape index (κ2) is 7.75. The van der Waals surface area contributed by atoms with E-state index in [9.17, 15) is 14.4 Å². The molecule has 7 heteroatoms. The average Bonchev–Trinajstić information content (AvgIpc) is 2.94. The van der Waals surface area contributed by atoms with Crippen molar-refractivity contribution in [1.82, 2.24) is 10.3 Å². The molecule has 30 heavy (non-hydrogen) atoms. The number of esters is 2. The third kappa shape index (κ3) is 3.74. The van der Waals surface area contributed by atoms with Crippen molar-refractivity contribution in [3.63, 3.8) is 0 Å². The van der Waals surface area contributed by atoms with E-state index in [4.69, 9.17) is 9.47 Å². The molecule has 1 atom stereocenters. The fourth-order valence-electron chi connectivity index (χ4n) is 6.36. The molecule has 1 heterocycles. The van der Waals surface area contributed by atoms with Gasteiger partial charge in [-0.25, -0.2) is 9.59 Å². The van der Waals surface area contributed by atoms with E-state index < -0.39 is 18.0 Å². The minimum atomic E-state index is -0.903. The number of hydrogen-bond donors (Lipinski definition) is 2. The highest BCUT2D eigenvalue weighted by molar-refractivity contribution is 5.99. The molecule has 0 aliphatic heterocycles. The van der Waals surface area contributed by atoms with Gasteiger partial charge in [-0.15, -0.1) is 0 Å². The molecule has 0 saturated heterocycles. The van der Waals surface area contributed by atoms with Gasteiger partial charge in [0.25, 0.3) is 5.91 Å². The van der Waals surface area contributed by atoms with E-state index in [1.807, 2.05) is 0 Å². The maximum atomic E-state index is 12.9. The van der Waals surface area contributed by atoms with Gasteiger partial charge < -0.3 is 19.8 Å². The lowest BCUT2D eigenvalue weighted by Gasteiger charge is -2.57. The predicted octanol–water partition coefficient (Wildman–Crippen LogP) is 3.44. The van der Waals surface area contributed by atoms with Crippen LogP contribution in [0.15, 0.2) is 0 Å². The SMILES string of the molecule is CCOC(=O)c1c(C)[nH]c(C(=O)O[C@H](C)C(=O)NC23CC4CC(CC(C4)C2)C3)c1C. The van der Waals surface area contributed by atoms with Gasteiger partial charge in [0.15, 0.2) is 6.10 Å². The minimum Gasteiger partial charge on any atom is -0.462 e. The van der Waals surface area contributed by atoms with Crippen LogP contribution in [0, 0.1) is 31.6 Å². The normalized spacial score (nSPS) is 30.1. The van der Waals surface area contributed by atoms with Crippen LogP contribution in [0.25, 0.3) is 0 Å². The van der Waals surface area contributed by atoms with Crippen LogP contribution in [0.2, 0.25) is 0 Å². The summed E-state index contributed by atoms with van der Waals surface area (Å²) >= 11 is 0. The third-order valence-corrected chi connectivity index (χ3v) is 7.20. The molecule has 4 fully saturated rings. The van der Waals surface area contributed by atoms with Crippen LogP contribution < -0.4 is 5.32 Å². The van der Waals surface area contributed by atoms with Gasteiger partial charge in [-0.3, -0.25) is 4.79 Å². The zero-order valence-electron chi connectivity index (χ0n) is 18.3. The van der Waals surface area contributed by atoms with Crippen LogP contribution >= 0.6 is 0 Å². The van der Waals surface area contributed by atoms with Crippen molar-refractivity contribution >= 4 is 17.8 Å². The van der Waals surface area contributed by atoms with E-state index >= 15 is 0 Å². The van der Waals surface area contributed by atoms with E-state index in [-0.39, 0.29) is 23.7 Å². The number of aromatic amines is 1. The number of rotatable bonds is 6. The lowest BCUT2D eigenvalue weighted by Crippen LogP contribution is -2.61. The number of aryl methyl sites for hydroxylation is 1. The summed E-state index contributed by atoms with van der Waals surface area (Å²) in [5.41, 5.74) is 1.43. The Labute approximate surface area is 177 Å². The first-order chi connectivity index (χ1) is 14.2. The van der Waals surface area contributed by atoms with E-state index in [2.05, 4.69) is 10.3 Å². The topological polar surface area (TPSA) is 97.5 Å². The van der Waals surface area contributed by atoms with Crippen molar-refractivity contribution in [1.29, 1.82) is 0 Å². The maximum absolute atomic E-state index is 12.9. The standard InChI is InChI=1S/C23H32N2O5/c1-5-29-21(27)18-12(2)19(24-13(18)3)22(28)30-14(4)20(26)25-23-9-15-6-16(10-23)8-17(7-15)11-23/h14-17,24H,5-11H2,1-4H3,(H,25,26)/t14-,15?,16?,17?,23?/m1/s1. The van der Waals surface area contributed by atoms with Crippen molar-refractivity contribution in [3.8, 4) is 0 Å². The highest BCUT2D eigenvalue weighted by Crippen LogP contribution is 2.55. The Morgan fingerprint density at radius 1 is 1.07 bits per heavy atom. The predicted molar refractivity (Wildman–Crippen MR) is 110 cm³/mol. The molecule has 4 aliphatic rings. The largest absolute Gasteiger partial charge is 0.462 e. The van der Waals surface area contributed by atoms with E-state index in [1.54, 1.807) is 27.7 Å². The number of amides is 1. The van der Waals surface area contributed by atoms with Crippen molar-refractivity contribution in [2.75, 3.05) is 6.61 Å². The van der Waals surface area contributed by atoms with Gasteiger partial charge in [-0.2, -0.15) is 0 Å². The average molecular weight is 417 g/mol. The molecule has 7 nitrogen and oxygen atoms in total. The molecule has 0 radical (unpaired) electrons. The first kappa shape index (κ1) is 20.9. The summed E-state index contributed by atoms with van der Waals surface area (Å²) in [5.74, 6) is 0.812. The van der Waals surface area contributed by atoms with Gasteiger partial charge in [-0.05, 0) is 89.5 Å². The fraction of sp³-hybridized carbons (Fsp3) is 0.696. The van der Waals surface area contributed by atoms with E-state index in [1.165, 1.54) is 19.3 Å². The Bertz CT molecular complexity index is 836. The zero-order chi connectivity index (χ0) is 21.6. The van der Waals surface area contributed by atoms with Crippen molar-refractivity contribution in [2.45, 2.75) is 77.9 Å². The molecule has 1 aromatic rings. The number of carbonyl (C=O) groups excluding carboxylic acids is 3. The Morgan fingerprint density at radius 3 is 2.17 bits per heavy atom. The summed E-state index contributed by atoms with van der Waals surface area (Å²) in [4.78, 5) is 40.6. The van der Waals surface area contributed by atoms with Gasteiger partial charge in [0.05, 0.1) is 12.2 Å². The molecule has 0 spiro atoms. The second-order valence-electron chi connectivity index (χ2n) is 9.58. The lowest BCUT2D eigenvalue weighted by molar-refractivity contribution is -0.134. The fourth-order valence-corrected chi connectivity index (χ4v) is 6.36. The number of nitrogens with one attached hydrogen (secondary N) is 2. The first-order valence-electron chi connectivity index (χ1n) is 11.1. The minimum absolute atomic E-state index is 0.123. The molecule has 0 aromatic carbocycles. The zero-order valence-corrected chi connectivity index (χ0v) is 18.3. The number of aromatic nitrogens is 1. The summed E-state index contributed by atoms with van der Waals surface area (Å²) in [6.07, 6.45) is 6.13. The Morgan fingerprint density at radius 2 is 1.63 bits per heavy atom. The number of hydrogen-bond acceptors (Lipinski definition) is 5. The third-order valence-electron chi connectivity index (χ3n) is 7.20. The van der Waals surface area contributed by atoms with Gasteiger partial charge in [0, 0.05) is 11.2 Å². The summed E-state index contributed by atoms with van der Waals surface area (Å²) in [6.45, 7) is 6.97. The molecule has 1 amide bonds. The molecule has 0 unspecified atom stereocenters. The van der Waals surface area contributed by atoms with Gasteiger partial charge in [-0.1, -0.05) is 0 Å². The highest BCUT2D eigenvalue weighted by atomic mass is 16.5. The van der Waals surface area contributed by atoms with Crippen molar-refractivity contribution < 1.29 is 23.9 Å². The van der Waals surface area contributed by atoms with Crippen molar-refractivity contribution in [2.24, 2.45) is 17.8 Å². The molecule has 4 bridgehead atoms. The van der Waals surface area contributed by atoms with Crippen LogP contribution in [0.3, 0.4) is 0 Å². The molecular weight excluding hydrogens is 384 g/mol. The van der Waals surface area contributed by atoms with Gasteiger partial charge >= 0.3 is 11.9 Å². The smallest absolute Gasteiger partial charge is 0.355 e. The van der Waals surface area contributed by atoms with Crippen LogP contribution in [-0.2, 0) is 14.3 Å². The number of H-pyrrole nitrogens is 1. The maximum Gasteiger partial charge on any atom is 0.355 e. The molecule has 5 rings (SSSR count). The molecule has 2 N–H and O–H groups in total. The molecule has 4 aliphatic carbocycles. The van der Waals surface area contributed by atoms with Gasteiger partial charge in [0.2, 0.25) is 0 Å². The first-order valence-corrected chi connectivity index (χ1v) is 11.1. The van der Waals surface area contributed by atoms with E-state index in [0.29, 0.717) is 16.8 Å². The van der Waals surface area contributed by atoms with Crippen LogP contribution in [-0.4, -0.2) is 41.1 Å². The summed E-state index contributed by atoms with van der Waals surface area (Å²) in [7, 11) is 0. The van der Waals surface area contributed by atoms with Crippen LogP contribution in [0.4, 0.5) is 0 Å². The Balaban J connectivity index is 1.41. The Kier molecular flexibility index (Phi) is 5.41. The second-order valence-corrected chi connectivity index (χ2v) is 9.58. The molecule has 1 aromatic heterocycles.